The number of para-hydroxylation sites is 1. The highest BCUT2D eigenvalue weighted by Crippen LogP contribution is 2.30. The molecule has 0 heterocycles. The monoisotopic (exact) mass is 290 g/mol. The average Bonchev–Trinajstić information content (AvgIpc) is 2.43. The highest BCUT2D eigenvalue weighted by molar-refractivity contribution is 6.31. The minimum atomic E-state index is -0.363. The molecule has 0 aliphatic carbocycles. The Balaban J connectivity index is 2.31. The predicted molar refractivity (Wildman–Crippen MR) is 81.3 cm³/mol. The molecule has 0 aliphatic rings. The summed E-state index contributed by atoms with van der Waals surface area (Å²) in [5.41, 5.74) is 2.58. The van der Waals surface area contributed by atoms with Gasteiger partial charge in [-0.2, -0.15) is 0 Å². The van der Waals surface area contributed by atoms with Crippen molar-refractivity contribution < 1.29 is 4.92 Å². The quantitative estimate of drug-likeness (QED) is 0.654. The molecule has 1 unspecified atom stereocenters. The summed E-state index contributed by atoms with van der Waals surface area (Å²) in [5, 5.41) is 15.0. The second-order valence-corrected chi connectivity index (χ2v) is 5.00. The molecule has 0 saturated heterocycles. The van der Waals surface area contributed by atoms with Crippen molar-refractivity contribution >= 4 is 23.0 Å². The van der Waals surface area contributed by atoms with Crippen molar-refractivity contribution in [1.29, 1.82) is 0 Å². The van der Waals surface area contributed by atoms with Crippen LogP contribution in [-0.2, 0) is 0 Å². The standard InChI is InChI=1S/C15H15ClN2O2/c1-10-13(16)7-5-8-14(10)17-11(2)12-6-3-4-9-15(12)18(19)20/h3-9,11,17H,1-2H3. The fraction of sp³-hybridized carbons (Fsp3) is 0.200. The summed E-state index contributed by atoms with van der Waals surface area (Å²) in [6.45, 7) is 3.81. The van der Waals surface area contributed by atoms with Crippen molar-refractivity contribution in [2.75, 3.05) is 5.32 Å². The first-order valence-electron chi connectivity index (χ1n) is 6.25. The number of halogens is 1. The summed E-state index contributed by atoms with van der Waals surface area (Å²) in [5.74, 6) is 0. The Hall–Kier alpha value is -2.07. The van der Waals surface area contributed by atoms with Crippen LogP contribution in [0.15, 0.2) is 42.5 Å². The van der Waals surface area contributed by atoms with Gasteiger partial charge in [0.25, 0.3) is 5.69 Å². The molecule has 0 bridgehead atoms. The van der Waals surface area contributed by atoms with Gasteiger partial charge in [0.05, 0.1) is 16.5 Å². The first-order valence-corrected chi connectivity index (χ1v) is 6.63. The third-order valence-electron chi connectivity index (χ3n) is 3.24. The molecule has 20 heavy (non-hydrogen) atoms. The van der Waals surface area contributed by atoms with Crippen LogP contribution >= 0.6 is 11.6 Å². The van der Waals surface area contributed by atoms with Gasteiger partial charge < -0.3 is 5.32 Å². The molecular weight excluding hydrogens is 276 g/mol. The minimum absolute atomic E-state index is 0.118. The summed E-state index contributed by atoms with van der Waals surface area (Å²) in [7, 11) is 0. The lowest BCUT2D eigenvalue weighted by molar-refractivity contribution is -0.385. The third kappa shape index (κ3) is 2.91. The molecule has 0 spiro atoms. The number of nitro groups is 1. The molecule has 2 rings (SSSR count). The van der Waals surface area contributed by atoms with E-state index in [0.29, 0.717) is 10.6 Å². The summed E-state index contributed by atoms with van der Waals surface area (Å²) >= 11 is 6.08. The third-order valence-corrected chi connectivity index (χ3v) is 3.65. The van der Waals surface area contributed by atoms with E-state index in [0.717, 1.165) is 11.3 Å². The van der Waals surface area contributed by atoms with Gasteiger partial charge in [0, 0.05) is 16.8 Å². The molecule has 0 radical (unpaired) electrons. The molecule has 0 saturated carbocycles. The Kier molecular flexibility index (Phi) is 4.25. The molecule has 1 N–H and O–H groups in total. The molecular formula is C15H15ClN2O2. The summed E-state index contributed by atoms with van der Waals surface area (Å²) in [6.07, 6.45) is 0. The van der Waals surface area contributed by atoms with Gasteiger partial charge in [-0.05, 0) is 31.5 Å². The van der Waals surface area contributed by atoms with Gasteiger partial charge in [0.2, 0.25) is 0 Å². The summed E-state index contributed by atoms with van der Waals surface area (Å²) in [4.78, 5) is 10.7. The van der Waals surface area contributed by atoms with Gasteiger partial charge >= 0.3 is 0 Å². The smallest absolute Gasteiger partial charge is 0.274 e. The Bertz CT molecular complexity index is 644. The second kappa shape index (κ2) is 5.92. The van der Waals surface area contributed by atoms with Crippen LogP contribution in [0.2, 0.25) is 5.02 Å². The van der Waals surface area contributed by atoms with Crippen molar-refractivity contribution in [3.63, 3.8) is 0 Å². The molecule has 0 aromatic heterocycles. The van der Waals surface area contributed by atoms with Gasteiger partial charge in [-0.3, -0.25) is 10.1 Å². The molecule has 0 amide bonds. The highest BCUT2D eigenvalue weighted by Gasteiger charge is 2.18. The average molecular weight is 291 g/mol. The number of nitrogens with zero attached hydrogens (tertiary/aromatic N) is 1. The van der Waals surface area contributed by atoms with Crippen molar-refractivity contribution in [2.24, 2.45) is 0 Å². The zero-order chi connectivity index (χ0) is 14.7. The second-order valence-electron chi connectivity index (χ2n) is 4.59. The van der Waals surface area contributed by atoms with E-state index >= 15 is 0 Å². The van der Waals surface area contributed by atoms with Crippen LogP contribution in [0.5, 0.6) is 0 Å². The van der Waals surface area contributed by atoms with Crippen LogP contribution in [0.4, 0.5) is 11.4 Å². The maximum Gasteiger partial charge on any atom is 0.274 e. The van der Waals surface area contributed by atoms with Gasteiger partial charge in [-0.15, -0.1) is 0 Å². The highest BCUT2D eigenvalue weighted by atomic mass is 35.5. The van der Waals surface area contributed by atoms with Gasteiger partial charge in [-0.1, -0.05) is 35.9 Å². The number of benzene rings is 2. The van der Waals surface area contributed by atoms with E-state index in [1.165, 1.54) is 6.07 Å². The normalized spacial score (nSPS) is 11.9. The number of hydrogen-bond donors (Lipinski definition) is 1. The molecule has 4 nitrogen and oxygen atoms in total. The lowest BCUT2D eigenvalue weighted by atomic mass is 10.1. The van der Waals surface area contributed by atoms with E-state index in [1.807, 2.05) is 32.0 Å². The number of anilines is 1. The predicted octanol–water partition coefficient (Wildman–Crippen LogP) is 4.73. The zero-order valence-corrected chi connectivity index (χ0v) is 12.0. The molecule has 2 aromatic carbocycles. The Morgan fingerprint density at radius 3 is 2.60 bits per heavy atom. The van der Waals surface area contributed by atoms with Crippen molar-refractivity contribution in [1.82, 2.24) is 0 Å². The van der Waals surface area contributed by atoms with Crippen LogP contribution in [0.25, 0.3) is 0 Å². The van der Waals surface area contributed by atoms with E-state index in [9.17, 15) is 10.1 Å². The summed E-state index contributed by atoms with van der Waals surface area (Å²) in [6, 6.07) is 12.1. The topological polar surface area (TPSA) is 55.2 Å². The Morgan fingerprint density at radius 1 is 1.20 bits per heavy atom. The van der Waals surface area contributed by atoms with Gasteiger partial charge in [0.1, 0.15) is 0 Å². The molecule has 1 atom stereocenters. The van der Waals surface area contributed by atoms with Crippen molar-refractivity contribution in [2.45, 2.75) is 19.9 Å². The van der Waals surface area contributed by atoms with Crippen LogP contribution in [-0.4, -0.2) is 4.92 Å². The molecule has 104 valence electrons. The van der Waals surface area contributed by atoms with Crippen LogP contribution in [0.1, 0.15) is 24.1 Å². The summed E-state index contributed by atoms with van der Waals surface area (Å²) < 4.78 is 0. The number of rotatable bonds is 4. The van der Waals surface area contributed by atoms with Crippen molar-refractivity contribution in [3.05, 3.63) is 68.7 Å². The van der Waals surface area contributed by atoms with E-state index in [4.69, 9.17) is 11.6 Å². The first-order chi connectivity index (χ1) is 9.50. The van der Waals surface area contributed by atoms with Crippen molar-refractivity contribution in [3.8, 4) is 0 Å². The largest absolute Gasteiger partial charge is 0.378 e. The van der Waals surface area contributed by atoms with Gasteiger partial charge in [-0.25, -0.2) is 0 Å². The van der Waals surface area contributed by atoms with Crippen LogP contribution in [0, 0.1) is 17.0 Å². The van der Waals surface area contributed by atoms with E-state index in [2.05, 4.69) is 5.32 Å². The fourth-order valence-corrected chi connectivity index (χ4v) is 2.27. The number of nitrogens with one attached hydrogen (secondary N) is 1. The maximum atomic E-state index is 11.1. The zero-order valence-electron chi connectivity index (χ0n) is 11.3. The van der Waals surface area contributed by atoms with Crippen LogP contribution < -0.4 is 5.32 Å². The molecule has 2 aromatic rings. The van der Waals surface area contributed by atoms with Gasteiger partial charge in [0.15, 0.2) is 0 Å². The van der Waals surface area contributed by atoms with E-state index in [1.54, 1.807) is 18.2 Å². The SMILES string of the molecule is Cc1c(Cl)cccc1NC(C)c1ccccc1[N+](=O)[O-]. The molecule has 0 aliphatic heterocycles. The fourth-order valence-electron chi connectivity index (χ4n) is 2.09. The Labute approximate surface area is 122 Å². The molecule has 0 fully saturated rings. The lowest BCUT2D eigenvalue weighted by Gasteiger charge is -2.18. The minimum Gasteiger partial charge on any atom is -0.378 e. The number of nitro benzene ring substituents is 1. The lowest BCUT2D eigenvalue weighted by Crippen LogP contribution is -2.10. The Morgan fingerprint density at radius 2 is 1.90 bits per heavy atom. The maximum absolute atomic E-state index is 11.1. The number of hydrogen-bond acceptors (Lipinski definition) is 3. The van der Waals surface area contributed by atoms with E-state index < -0.39 is 0 Å². The molecule has 5 heteroatoms. The first kappa shape index (κ1) is 14.3. The van der Waals surface area contributed by atoms with Crippen LogP contribution in [0.3, 0.4) is 0 Å². The van der Waals surface area contributed by atoms with E-state index in [-0.39, 0.29) is 16.7 Å².